The molecule has 0 saturated carbocycles. The molecule has 0 aromatic carbocycles. The first-order valence-corrected chi connectivity index (χ1v) is 6.52. The number of amides is 1. The van der Waals surface area contributed by atoms with Crippen molar-refractivity contribution in [1.82, 2.24) is 29.6 Å². The molecule has 0 N–H and O–H groups in total. The summed E-state index contributed by atoms with van der Waals surface area (Å²) in [6.07, 6.45) is 2.86. The molecule has 0 spiro atoms. The summed E-state index contributed by atoms with van der Waals surface area (Å²) in [4.78, 5) is 26.1. The molecule has 7 heteroatoms. The molecule has 1 amide bonds. The first-order chi connectivity index (χ1) is 9.54. The van der Waals surface area contributed by atoms with Gasteiger partial charge in [-0.1, -0.05) is 13.8 Å². The summed E-state index contributed by atoms with van der Waals surface area (Å²) in [7, 11) is 1.74. The zero-order valence-electron chi connectivity index (χ0n) is 12.1. The fraction of sp³-hybridized carbons (Fsp3) is 0.462. The third-order valence-electron chi connectivity index (χ3n) is 3.00. The summed E-state index contributed by atoms with van der Waals surface area (Å²) in [5.41, 5.74) is 0.351. The van der Waals surface area contributed by atoms with Gasteiger partial charge in [-0.15, -0.1) is 0 Å². The second-order valence-electron chi connectivity index (χ2n) is 4.77. The zero-order chi connectivity index (χ0) is 14.7. The molecule has 2 rings (SSSR count). The lowest BCUT2D eigenvalue weighted by atomic mass is 10.2. The summed E-state index contributed by atoms with van der Waals surface area (Å²) in [5, 5.41) is 4.16. The van der Waals surface area contributed by atoms with Crippen LogP contribution < -0.4 is 0 Å². The van der Waals surface area contributed by atoms with Gasteiger partial charge in [0.15, 0.2) is 5.82 Å². The maximum absolute atomic E-state index is 12.1. The van der Waals surface area contributed by atoms with Gasteiger partial charge < -0.3 is 4.90 Å². The van der Waals surface area contributed by atoms with E-state index in [0.717, 1.165) is 5.82 Å². The van der Waals surface area contributed by atoms with Crippen molar-refractivity contribution in [3.05, 3.63) is 30.2 Å². The maximum Gasteiger partial charge on any atom is 0.272 e. The van der Waals surface area contributed by atoms with E-state index in [9.17, 15) is 4.79 Å². The van der Waals surface area contributed by atoms with Gasteiger partial charge in [0.25, 0.3) is 5.91 Å². The van der Waals surface area contributed by atoms with Gasteiger partial charge in [0.1, 0.15) is 24.2 Å². The van der Waals surface area contributed by atoms with Crippen LogP contribution in [0.4, 0.5) is 0 Å². The van der Waals surface area contributed by atoms with Gasteiger partial charge in [-0.2, -0.15) is 9.78 Å². The Morgan fingerprint density at radius 3 is 2.70 bits per heavy atom. The van der Waals surface area contributed by atoms with Crippen LogP contribution in [-0.2, 0) is 0 Å². The van der Waals surface area contributed by atoms with E-state index in [4.69, 9.17) is 0 Å². The standard InChI is InChI=1S/C13H18N6O/c1-5-18(4)13(20)10-6-11(15-7-14-10)19-12(9(2)3)16-8-17-19/h6-9H,5H2,1-4H3. The molecular weight excluding hydrogens is 256 g/mol. The van der Waals surface area contributed by atoms with Gasteiger partial charge in [0.05, 0.1) is 0 Å². The Hall–Kier alpha value is -2.31. The predicted octanol–water partition coefficient (Wildman–Crippen LogP) is 1.27. The average molecular weight is 274 g/mol. The summed E-state index contributed by atoms with van der Waals surface area (Å²) in [6, 6.07) is 1.63. The minimum absolute atomic E-state index is 0.137. The van der Waals surface area contributed by atoms with Crippen molar-refractivity contribution in [3.63, 3.8) is 0 Å². The molecule has 0 saturated heterocycles. The highest BCUT2D eigenvalue weighted by Crippen LogP contribution is 2.14. The molecule has 2 aromatic rings. The number of rotatable bonds is 4. The normalized spacial score (nSPS) is 10.8. The Morgan fingerprint density at radius 2 is 2.05 bits per heavy atom. The number of hydrogen-bond donors (Lipinski definition) is 0. The molecule has 20 heavy (non-hydrogen) atoms. The maximum atomic E-state index is 12.1. The Kier molecular flexibility index (Phi) is 4.07. The number of hydrogen-bond acceptors (Lipinski definition) is 5. The van der Waals surface area contributed by atoms with Crippen molar-refractivity contribution >= 4 is 5.91 Å². The van der Waals surface area contributed by atoms with Crippen molar-refractivity contribution in [2.45, 2.75) is 26.7 Å². The SMILES string of the molecule is CCN(C)C(=O)c1cc(-n2ncnc2C(C)C)ncn1. The van der Waals surface area contributed by atoms with E-state index >= 15 is 0 Å². The van der Waals surface area contributed by atoms with Crippen molar-refractivity contribution in [3.8, 4) is 5.82 Å². The lowest BCUT2D eigenvalue weighted by molar-refractivity contribution is 0.0796. The minimum Gasteiger partial charge on any atom is -0.341 e. The number of carbonyl (C=O) groups is 1. The smallest absolute Gasteiger partial charge is 0.272 e. The van der Waals surface area contributed by atoms with Crippen molar-refractivity contribution in [2.75, 3.05) is 13.6 Å². The molecule has 0 unspecified atom stereocenters. The Labute approximate surface area is 117 Å². The fourth-order valence-electron chi connectivity index (χ4n) is 1.74. The minimum atomic E-state index is -0.137. The first kappa shape index (κ1) is 14.1. The van der Waals surface area contributed by atoms with Crippen LogP contribution in [0.15, 0.2) is 18.7 Å². The van der Waals surface area contributed by atoms with Crippen LogP contribution in [0.1, 0.15) is 43.0 Å². The summed E-state index contributed by atoms with van der Waals surface area (Å²) < 4.78 is 1.63. The van der Waals surface area contributed by atoms with E-state index in [1.165, 1.54) is 12.7 Å². The van der Waals surface area contributed by atoms with Crippen molar-refractivity contribution in [1.29, 1.82) is 0 Å². The zero-order valence-corrected chi connectivity index (χ0v) is 12.1. The second kappa shape index (κ2) is 5.77. The van der Waals surface area contributed by atoms with Crippen LogP contribution in [0.3, 0.4) is 0 Å². The predicted molar refractivity (Wildman–Crippen MR) is 73.7 cm³/mol. The number of aromatic nitrogens is 5. The fourth-order valence-corrected chi connectivity index (χ4v) is 1.74. The van der Waals surface area contributed by atoms with Gasteiger partial charge in [-0.25, -0.2) is 15.0 Å². The van der Waals surface area contributed by atoms with Crippen LogP contribution in [-0.4, -0.2) is 49.1 Å². The van der Waals surface area contributed by atoms with E-state index in [0.29, 0.717) is 18.1 Å². The quantitative estimate of drug-likeness (QED) is 0.839. The molecule has 7 nitrogen and oxygen atoms in total. The van der Waals surface area contributed by atoms with Crippen LogP contribution in [0.25, 0.3) is 5.82 Å². The van der Waals surface area contributed by atoms with E-state index in [-0.39, 0.29) is 11.8 Å². The molecule has 0 fully saturated rings. The molecular formula is C13H18N6O. The Bertz CT molecular complexity index is 606. The van der Waals surface area contributed by atoms with Gasteiger partial charge in [-0.05, 0) is 6.92 Å². The monoisotopic (exact) mass is 274 g/mol. The lowest BCUT2D eigenvalue weighted by Gasteiger charge is -2.14. The molecule has 0 bridgehead atoms. The van der Waals surface area contributed by atoms with Crippen LogP contribution in [0, 0.1) is 0 Å². The Balaban J connectivity index is 2.39. The first-order valence-electron chi connectivity index (χ1n) is 6.52. The Morgan fingerprint density at radius 1 is 1.30 bits per heavy atom. The van der Waals surface area contributed by atoms with Crippen LogP contribution in [0.5, 0.6) is 0 Å². The van der Waals surface area contributed by atoms with Crippen LogP contribution in [0.2, 0.25) is 0 Å². The molecule has 0 atom stereocenters. The van der Waals surface area contributed by atoms with Gasteiger partial charge in [0.2, 0.25) is 0 Å². The van der Waals surface area contributed by atoms with Crippen molar-refractivity contribution in [2.24, 2.45) is 0 Å². The highest BCUT2D eigenvalue weighted by Gasteiger charge is 2.16. The second-order valence-corrected chi connectivity index (χ2v) is 4.77. The lowest BCUT2D eigenvalue weighted by Crippen LogP contribution is -2.27. The molecule has 0 aliphatic rings. The van der Waals surface area contributed by atoms with E-state index in [1.54, 1.807) is 22.7 Å². The van der Waals surface area contributed by atoms with E-state index in [1.807, 2.05) is 20.8 Å². The average Bonchev–Trinajstić information content (AvgIpc) is 2.95. The summed E-state index contributed by atoms with van der Waals surface area (Å²) in [6.45, 7) is 6.59. The van der Waals surface area contributed by atoms with Gasteiger partial charge in [-0.3, -0.25) is 4.79 Å². The van der Waals surface area contributed by atoms with Gasteiger partial charge >= 0.3 is 0 Å². The highest BCUT2D eigenvalue weighted by atomic mass is 16.2. The molecule has 2 aromatic heterocycles. The molecule has 0 aliphatic carbocycles. The van der Waals surface area contributed by atoms with Gasteiger partial charge in [0, 0.05) is 25.6 Å². The topological polar surface area (TPSA) is 76.8 Å². The molecule has 0 aliphatic heterocycles. The number of carbonyl (C=O) groups excluding carboxylic acids is 1. The largest absolute Gasteiger partial charge is 0.341 e. The summed E-state index contributed by atoms with van der Waals surface area (Å²) >= 11 is 0. The highest BCUT2D eigenvalue weighted by molar-refractivity contribution is 5.92. The third-order valence-corrected chi connectivity index (χ3v) is 3.00. The molecule has 2 heterocycles. The summed E-state index contributed by atoms with van der Waals surface area (Å²) in [5.74, 6) is 1.42. The molecule has 106 valence electrons. The van der Waals surface area contributed by atoms with E-state index < -0.39 is 0 Å². The van der Waals surface area contributed by atoms with Crippen molar-refractivity contribution < 1.29 is 4.79 Å². The van der Waals surface area contributed by atoms with E-state index in [2.05, 4.69) is 20.1 Å². The molecule has 0 radical (unpaired) electrons. The van der Waals surface area contributed by atoms with Crippen LogP contribution >= 0.6 is 0 Å². The third kappa shape index (κ3) is 2.66. The number of nitrogens with zero attached hydrogens (tertiary/aromatic N) is 6.